The largest absolute Gasteiger partial charge is 0.321 e. The normalized spacial score (nSPS) is 18.4. The molecule has 2 N–H and O–H groups in total. The summed E-state index contributed by atoms with van der Waals surface area (Å²) in [5.41, 5.74) is 7.51. The second-order valence-corrected chi connectivity index (χ2v) is 5.32. The molecule has 0 radical (unpaired) electrons. The minimum atomic E-state index is -0.0111. The number of para-hydroxylation sites is 1. The summed E-state index contributed by atoms with van der Waals surface area (Å²) in [5, 5.41) is 8.30. The molecule has 0 saturated heterocycles. The number of hydrogen-bond donors (Lipinski definition) is 1. The van der Waals surface area contributed by atoms with Crippen LogP contribution < -0.4 is 5.73 Å². The van der Waals surface area contributed by atoms with Crippen LogP contribution in [0.5, 0.6) is 0 Å². The van der Waals surface area contributed by atoms with Gasteiger partial charge in [0.2, 0.25) is 0 Å². The van der Waals surface area contributed by atoms with Crippen molar-refractivity contribution in [1.82, 2.24) is 14.8 Å². The van der Waals surface area contributed by atoms with Gasteiger partial charge >= 0.3 is 0 Å². The molecule has 4 heteroatoms. The maximum atomic E-state index is 6.43. The summed E-state index contributed by atoms with van der Waals surface area (Å²) in [6.45, 7) is 0. The second-order valence-electron chi connectivity index (χ2n) is 5.32. The zero-order chi connectivity index (χ0) is 13.1. The van der Waals surface area contributed by atoms with Crippen LogP contribution in [-0.2, 0) is 0 Å². The first-order valence-corrected chi connectivity index (χ1v) is 7.07. The van der Waals surface area contributed by atoms with E-state index in [0.29, 0.717) is 5.92 Å². The van der Waals surface area contributed by atoms with E-state index in [0.717, 1.165) is 11.5 Å². The van der Waals surface area contributed by atoms with E-state index in [-0.39, 0.29) is 6.04 Å². The molecule has 1 unspecified atom stereocenters. The van der Waals surface area contributed by atoms with Crippen LogP contribution in [0.3, 0.4) is 0 Å². The van der Waals surface area contributed by atoms with Crippen LogP contribution >= 0.6 is 0 Å². The Balaban J connectivity index is 1.87. The highest BCUT2D eigenvalue weighted by atomic mass is 15.3. The zero-order valence-corrected chi connectivity index (χ0v) is 11.1. The summed E-state index contributed by atoms with van der Waals surface area (Å²) < 4.78 is 2.01. The third kappa shape index (κ3) is 2.54. The van der Waals surface area contributed by atoms with Crippen molar-refractivity contribution in [2.75, 3.05) is 0 Å². The van der Waals surface area contributed by atoms with Crippen LogP contribution in [-0.4, -0.2) is 14.8 Å². The number of benzene rings is 1. The van der Waals surface area contributed by atoms with Crippen LogP contribution in [0.1, 0.15) is 44.0 Å². The lowest BCUT2D eigenvalue weighted by atomic mass is 9.84. The Labute approximate surface area is 113 Å². The number of nitrogens with zero attached hydrogens (tertiary/aromatic N) is 3. The van der Waals surface area contributed by atoms with Gasteiger partial charge in [0.25, 0.3) is 0 Å². The van der Waals surface area contributed by atoms with Crippen LogP contribution in [0.2, 0.25) is 0 Å². The summed E-state index contributed by atoms with van der Waals surface area (Å²) in [6.07, 6.45) is 8.10. The smallest absolute Gasteiger partial charge is 0.154 e. The van der Waals surface area contributed by atoms with E-state index in [1.807, 2.05) is 22.8 Å². The molecular formula is C15H20N4. The highest BCUT2D eigenvalue weighted by Gasteiger charge is 2.25. The van der Waals surface area contributed by atoms with Crippen molar-refractivity contribution >= 4 is 0 Å². The second kappa shape index (κ2) is 5.53. The van der Waals surface area contributed by atoms with Gasteiger partial charge in [-0.3, -0.25) is 4.57 Å². The highest BCUT2D eigenvalue weighted by molar-refractivity contribution is 5.32. The third-order valence-corrected chi connectivity index (χ3v) is 4.06. The maximum Gasteiger partial charge on any atom is 0.154 e. The SMILES string of the molecule is NC(c1nncn1-c1ccccc1)C1CCCCC1. The fraction of sp³-hybridized carbons (Fsp3) is 0.467. The molecule has 0 amide bonds. The zero-order valence-electron chi connectivity index (χ0n) is 11.1. The molecule has 0 bridgehead atoms. The molecule has 100 valence electrons. The highest BCUT2D eigenvalue weighted by Crippen LogP contribution is 2.32. The average molecular weight is 256 g/mol. The van der Waals surface area contributed by atoms with Crippen molar-refractivity contribution in [3.63, 3.8) is 0 Å². The van der Waals surface area contributed by atoms with Gasteiger partial charge in [-0.15, -0.1) is 10.2 Å². The van der Waals surface area contributed by atoms with Gasteiger partial charge in [0, 0.05) is 5.69 Å². The Kier molecular flexibility index (Phi) is 3.60. The average Bonchev–Trinajstić information content (AvgIpc) is 2.98. The van der Waals surface area contributed by atoms with E-state index in [4.69, 9.17) is 5.73 Å². The fourth-order valence-corrected chi connectivity index (χ4v) is 2.96. The summed E-state index contributed by atoms with van der Waals surface area (Å²) in [6, 6.07) is 10.1. The van der Waals surface area contributed by atoms with Gasteiger partial charge < -0.3 is 5.73 Å². The molecule has 1 aromatic heterocycles. The van der Waals surface area contributed by atoms with E-state index in [1.54, 1.807) is 6.33 Å². The molecule has 0 spiro atoms. The molecule has 1 aromatic carbocycles. The van der Waals surface area contributed by atoms with Crippen LogP contribution in [0.25, 0.3) is 5.69 Å². The first-order chi connectivity index (χ1) is 9.36. The van der Waals surface area contributed by atoms with Crippen molar-refractivity contribution in [3.8, 4) is 5.69 Å². The topological polar surface area (TPSA) is 56.7 Å². The Hall–Kier alpha value is -1.68. The fourth-order valence-electron chi connectivity index (χ4n) is 2.96. The Morgan fingerprint density at radius 1 is 1.11 bits per heavy atom. The number of rotatable bonds is 3. The first-order valence-electron chi connectivity index (χ1n) is 7.07. The first kappa shape index (κ1) is 12.4. The lowest BCUT2D eigenvalue weighted by Crippen LogP contribution is -2.26. The summed E-state index contributed by atoms with van der Waals surface area (Å²) >= 11 is 0. The molecule has 19 heavy (non-hydrogen) atoms. The van der Waals surface area contributed by atoms with Crippen molar-refractivity contribution < 1.29 is 0 Å². The maximum absolute atomic E-state index is 6.43. The van der Waals surface area contributed by atoms with Gasteiger partial charge in [0.15, 0.2) is 5.82 Å². The van der Waals surface area contributed by atoms with Gasteiger partial charge in [0.1, 0.15) is 6.33 Å². The summed E-state index contributed by atoms with van der Waals surface area (Å²) in [7, 11) is 0. The van der Waals surface area contributed by atoms with Crippen LogP contribution in [0, 0.1) is 5.92 Å². The lowest BCUT2D eigenvalue weighted by molar-refractivity contribution is 0.299. The molecule has 1 saturated carbocycles. The van der Waals surface area contributed by atoms with E-state index >= 15 is 0 Å². The predicted molar refractivity (Wildman–Crippen MR) is 74.9 cm³/mol. The number of aromatic nitrogens is 3. The molecular weight excluding hydrogens is 236 g/mol. The predicted octanol–water partition coefficient (Wildman–Crippen LogP) is 2.85. The monoisotopic (exact) mass is 256 g/mol. The quantitative estimate of drug-likeness (QED) is 0.918. The van der Waals surface area contributed by atoms with Gasteiger partial charge in [-0.05, 0) is 30.9 Å². The van der Waals surface area contributed by atoms with Crippen molar-refractivity contribution in [1.29, 1.82) is 0 Å². The van der Waals surface area contributed by atoms with Crippen molar-refractivity contribution in [3.05, 3.63) is 42.5 Å². The van der Waals surface area contributed by atoms with Gasteiger partial charge in [-0.25, -0.2) is 0 Å². The summed E-state index contributed by atoms with van der Waals surface area (Å²) in [4.78, 5) is 0. The standard InChI is InChI=1S/C15H20N4/c16-14(12-7-3-1-4-8-12)15-18-17-11-19(15)13-9-5-2-6-10-13/h2,5-6,9-12,14H,1,3-4,7-8,16H2. The molecule has 1 aliphatic carbocycles. The third-order valence-electron chi connectivity index (χ3n) is 4.06. The minimum Gasteiger partial charge on any atom is -0.321 e. The molecule has 1 heterocycles. The van der Waals surface area contributed by atoms with E-state index < -0.39 is 0 Å². The molecule has 2 aromatic rings. The van der Waals surface area contributed by atoms with Gasteiger partial charge in [-0.1, -0.05) is 37.5 Å². The van der Waals surface area contributed by atoms with Crippen molar-refractivity contribution in [2.24, 2.45) is 11.7 Å². The van der Waals surface area contributed by atoms with Gasteiger partial charge in [0.05, 0.1) is 6.04 Å². The number of hydrogen-bond acceptors (Lipinski definition) is 3. The molecule has 1 atom stereocenters. The Morgan fingerprint density at radius 3 is 2.58 bits per heavy atom. The van der Waals surface area contributed by atoms with Crippen molar-refractivity contribution in [2.45, 2.75) is 38.1 Å². The molecule has 0 aliphatic heterocycles. The Morgan fingerprint density at radius 2 is 1.84 bits per heavy atom. The minimum absolute atomic E-state index is 0.0111. The molecule has 3 rings (SSSR count). The Bertz CT molecular complexity index is 514. The van der Waals surface area contributed by atoms with Gasteiger partial charge in [-0.2, -0.15) is 0 Å². The lowest BCUT2D eigenvalue weighted by Gasteiger charge is -2.27. The van der Waals surface area contributed by atoms with Crippen LogP contribution in [0.4, 0.5) is 0 Å². The summed E-state index contributed by atoms with van der Waals surface area (Å²) in [5.74, 6) is 1.43. The van der Waals surface area contributed by atoms with E-state index in [9.17, 15) is 0 Å². The number of nitrogens with two attached hydrogens (primary N) is 1. The van der Waals surface area contributed by atoms with E-state index in [1.165, 1.54) is 32.1 Å². The molecule has 4 nitrogen and oxygen atoms in total. The molecule has 1 aliphatic rings. The van der Waals surface area contributed by atoms with Crippen LogP contribution in [0.15, 0.2) is 36.7 Å². The van der Waals surface area contributed by atoms with E-state index in [2.05, 4.69) is 22.3 Å². The molecule has 1 fully saturated rings.